The van der Waals surface area contributed by atoms with E-state index in [1.54, 1.807) is 0 Å². The molecule has 0 atom stereocenters. The van der Waals surface area contributed by atoms with Crippen molar-refractivity contribution in [2.75, 3.05) is 13.2 Å². The number of carbonyl (C=O) groups is 1. The van der Waals surface area contributed by atoms with Crippen molar-refractivity contribution < 1.29 is 14.3 Å². The second kappa shape index (κ2) is 15.8. The van der Waals surface area contributed by atoms with Gasteiger partial charge in [-0.15, -0.1) is 0 Å². The van der Waals surface area contributed by atoms with E-state index in [2.05, 4.69) is 13.8 Å². The lowest BCUT2D eigenvalue weighted by Crippen LogP contribution is -2.74. The van der Waals surface area contributed by atoms with Crippen LogP contribution in [0, 0.1) is 34.5 Å². The fourth-order valence-electron chi connectivity index (χ4n) is 10.4. The number of rotatable bonds is 14. The SMILES string of the molecule is CCCCCCOC1CCC(C2CCC3(CC2)C(=O)C2(CCC(C4CCC(OCCCCCC)CC4)CC2)C3(Cl)Cl)CC1. The molecule has 0 amide bonds. The van der Waals surface area contributed by atoms with Crippen LogP contribution in [0.2, 0.25) is 0 Å². The van der Waals surface area contributed by atoms with E-state index in [4.69, 9.17) is 32.7 Å². The van der Waals surface area contributed by atoms with Crippen LogP contribution >= 0.6 is 23.2 Å². The third kappa shape index (κ3) is 7.36. The van der Waals surface area contributed by atoms with Crippen molar-refractivity contribution >= 4 is 29.0 Å². The van der Waals surface area contributed by atoms with Crippen LogP contribution in [0.15, 0.2) is 0 Å². The Balaban J connectivity index is 1.02. The van der Waals surface area contributed by atoms with E-state index in [0.29, 0.717) is 18.0 Å². The molecule has 0 aromatic rings. The Labute approximate surface area is 274 Å². The molecule has 5 rings (SSSR count). The highest BCUT2D eigenvalue weighted by atomic mass is 35.5. The maximum Gasteiger partial charge on any atom is 0.151 e. The zero-order valence-electron chi connectivity index (χ0n) is 27.8. The molecule has 0 heterocycles. The van der Waals surface area contributed by atoms with Crippen LogP contribution in [0.1, 0.15) is 168 Å². The van der Waals surface area contributed by atoms with Crippen LogP contribution in [-0.4, -0.2) is 35.5 Å². The van der Waals surface area contributed by atoms with Crippen LogP contribution < -0.4 is 0 Å². The third-order valence-electron chi connectivity index (χ3n) is 13.3. The Morgan fingerprint density at radius 3 is 1.21 bits per heavy atom. The van der Waals surface area contributed by atoms with Crippen molar-refractivity contribution in [2.45, 2.75) is 184 Å². The van der Waals surface area contributed by atoms with Gasteiger partial charge < -0.3 is 9.47 Å². The molecule has 248 valence electrons. The van der Waals surface area contributed by atoms with Gasteiger partial charge in [-0.2, -0.15) is 0 Å². The molecule has 0 N–H and O–H groups in total. The Bertz CT molecular complexity index is 775. The van der Waals surface area contributed by atoms with Crippen molar-refractivity contribution in [1.82, 2.24) is 0 Å². The summed E-state index contributed by atoms with van der Waals surface area (Å²) in [5.41, 5.74) is -0.963. The predicted molar refractivity (Wildman–Crippen MR) is 180 cm³/mol. The Morgan fingerprint density at radius 1 is 0.535 bits per heavy atom. The minimum Gasteiger partial charge on any atom is -0.378 e. The summed E-state index contributed by atoms with van der Waals surface area (Å²) in [7, 11) is 0. The third-order valence-corrected chi connectivity index (χ3v) is 14.8. The van der Waals surface area contributed by atoms with Crippen molar-refractivity contribution in [3.63, 3.8) is 0 Å². The first-order chi connectivity index (χ1) is 20.9. The number of halogens is 2. The summed E-state index contributed by atoms with van der Waals surface area (Å²) in [6, 6.07) is 0. The summed E-state index contributed by atoms with van der Waals surface area (Å²) in [6.07, 6.45) is 29.3. The molecule has 5 heteroatoms. The molecule has 0 aromatic carbocycles. The minimum atomic E-state index is -0.875. The molecular formula is C38H64Cl2O3. The largest absolute Gasteiger partial charge is 0.378 e. The molecular weight excluding hydrogens is 575 g/mol. The van der Waals surface area contributed by atoms with E-state index in [9.17, 15) is 4.79 Å². The maximum atomic E-state index is 14.1. The fraction of sp³-hybridized carbons (Fsp3) is 0.974. The van der Waals surface area contributed by atoms with Crippen LogP contribution in [0.25, 0.3) is 0 Å². The number of hydrogen-bond donors (Lipinski definition) is 0. The van der Waals surface area contributed by atoms with E-state index >= 15 is 0 Å². The lowest BCUT2D eigenvalue weighted by molar-refractivity contribution is -0.173. The van der Waals surface area contributed by atoms with Gasteiger partial charge in [0.25, 0.3) is 0 Å². The fourth-order valence-corrected chi connectivity index (χ4v) is 11.5. The molecule has 0 bridgehead atoms. The van der Waals surface area contributed by atoms with Gasteiger partial charge in [-0.25, -0.2) is 0 Å². The van der Waals surface area contributed by atoms with Crippen molar-refractivity contribution in [1.29, 1.82) is 0 Å². The number of ketones is 1. The van der Waals surface area contributed by atoms with E-state index in [-0.39, 0.29) is 0 Å². The molecule has 43 heavy (non-hydrogen) atoms. The maximum absolute atomic E-state index is 14.1. The molecule has 5 aliphatic carbocycles. The Hall–Kier alpha value is 0.170. The molecule has 2 spiro atoms. The van der Waals surface area contributed by atoms with Crippen LogP contribution in [0.3, 0.4) is 0 Å². The molecule has 3 nitrogen and oxygen atoms in total. The van der Waals surface area contributed by atoms with Gasteiger partial charge in [0, 0.05) is 13.2 Å². The Morgan fingerprint density at radius 2 is 0.884 bits per heavy atom. The van der Waals surface area contributed by atoms with Crippen LogP contribution in [0.4, 0.5) is 0 Å². The molecule has 5 fully saturated rings. The van der Waals surface area contributed by atoms with Crippen molar-refractivity contribution in [2.24, 2.45) is 34.5 Å². The van der Waals surface area contributed by atoms with Gasteiger partial charge >= 0.3 is 0 Å². The number of hydrogen-bond acceptors (Lipinski definition) is 3. The average Bonchev–Trinajstić information content (AvgIpc) is 3.05. The summed E-state index contributed by atoms with van der Waals surface area (Å²) < 4.78 is 11.6. The van der Waals surface area contributed by atoms with E-state index in [1.807, 2.05) is 0 Å². The Kier molecular flexibility index (Phi) is 12.7. The normalized spacial score (nSPS) is 39.7. The second-order valence-corrected chi connectivity index (χ2v) is 17.0. The summed E-state index contributed by atoms with van der Waals surface area (Å²) >= 11 is 14.7. The van der Waals surface area contributed by atoms with Gasteiger partial charge in [0.05, 0.1) is 23.0 Å². The monoisotopic (exact) mass is 638 g/mol. The highest BCUT2D eigenvalue weighted by molar-refractivity contribution is 6.55. The highest BCUT2D eigenvalue weighted by Gasteiger charge is 2.79. The standard InChI is InChI=1S/C38H64Cl2O3/c1-3-5-7-9-27-42-33-15-11-29(12-16-33)31-19-23-36(24-20-31)35(41)37(38(36,39)40)25-21-32(22-26-37)30-13-17-34(18-14-30)43-28-10-8-6-4-2/h29-34H,3-28H2,1-2H3. The quantitative estimate of drug-likeness (QED) is 0.140. The second-order valence-electron chi connectivity index (χ2n) is 15.7. The molecule has 0 radical (unpaired) electrons. The van der Waals surface area contributed by atoms with Gasteiger partial charge in [-0.05, 0) is 139 Å². The molecule has 0 aliphatic heterocycles. The lowest BCUT2D eigenvalue weighted by Gasteiger charge is -2.67. The predicted octanol–water partition coefficient (Wildman–Crippen LogP) is 11.4. The number of carbonyl (C=O) groups excluding carboxylic acids is 1. The zero-order valence-corrected chi connectivity index (χ0v) is 29.3. The lowest BCUT2D eigenvalue weighted by atomic mass is 9.41. The smallest absolute Gasteiger partial charge is 0.151 e. The van der Waals surface area contributed by atoms with Gasteiger partial charge in [-0.3, -0.25) is 4.79 Å². The number of Topliss-reactive ketones (excluding diaryl/α,β-unsaturated/α-hetero) is 1. The van der Waals surface area contributed by atoms with Crippen molar-refractivity contribution in [3.8, 4) is 0 Å². The van der Waals surface area contributed by atoms with Gasteiger partial charge in [0.15, 0.2) is 5.78 Å². The van der Waals surface area contributed by atoms with Crippen molar-refractivity contribution in [3.05, 3.63) is 0 Å². The summed E-state index contributed by atoms with van der Waals surface area (Å²) in [5.74, 6) is 3.49. The highest BCUT2D eigenvalue weighted by Crippen LogP contribution is 2.75. The zero-order chi connectivity index (χ0) is 30.3. The topological polar surface area (TPSA) is 35.5 Å². The number of unbranched alkanes of at least 4 members (excludes halogenated alkanes) is 6. The van der Waals surface area contributed by atoms with E-state index < -0.39 is 15.2 Å². The van der Waals surface area contributed by atoms with Gasteiger partial charge in [-0.1, -0.05) is 75.6 Å². The first kappa shape index (κ1) is 34.5. The molecule has 0 unspecified atom stereocenters. The summed E-state index contributed by atoms with van der Waals surface area (Å²) in [5, 5.41) is 0. The van der Waals surface area contributed by atoms with Gasteiger partial charge in [0.2, 0.25) is 0 Å². The van der Waals surface area contributed by atoms with E-state index in [0.717, 1.165) is 88.3 Å². The summed E-state index contributed by atoms with van der Waals surface area (Å²) in [4.78, 5) is 14.1. The summed E-state index contributed by atoms with van der Waals surface area (Å²) in [6.45, 7) is 6.40. The molecule has 0 aromatic heterocycles. The molecule has 0 saturated heterocycles. The molecule has 5 saturated carbocycles. The van der Waals surface area contributed by atoms with Crippen LogP contribution in [-0.2, 0) is 14.3 Å². The van der Waals surface area contributed by atoms with Crippen LogP contribution in [0.5, 0.6) is 0 Å². The molecule has 5 aliphatic rings. The number of alkyl halides is 2. The number of ether oxygens (including phenoxy) is 2. The van der Waals surface area contributed by atoms with E-state index in [1.165, 1.54) is 103 Å². The minimum absolute atomic E-state index is 0.447. The first-order valence-corrected chi connectivity index (χ1v) is 19.8. The average molecular weight is 640 g/mol. The first-order valence-electron chi connectivity index (χ1n) is 19.0. The van der Waals surface area contributed by atoms with Gasteiger partial charge in [0.1, 0.15) is 4.33 Å².